The Kier molecular flexibility index (Phi) is 3.23. The van der Waals surface area contributed by atoms with Gasteiger partial charge in [-0.25, -0.2) is 0 Å². The molecule has 0 aromatic carbocycles. The minimum absolute atomic E-state index is 0.581. The summed E-state index contributed by atoms with van der Waals surface area (Å²) in [5.41, 5.74) is 2.24. The summed E-state index contributed by atoms with van der Waals surface area (Å²) in [7, 11) is 2.16. The van der Waals surface area contributed by atoms with Crippen LogP contribution in [0.4, 0.5) is 0 Å². The fraction of sp³-hybridized carbons (Fsp3) is 0.778. The molecule has 4 fully saturated rings. The molecule has 1 unspecified atom stereocenters. The third-order valence-electron chi connectivity index (χ3n) is 6.43. The van der Waals surface area contributed by atoms with E-state index in [1.54, 1.807) is 24.8 Å². The summed E-state index contributed by atoms with van der Waals surface area (Å²) in [4.78, 5) is 1.51. The van der Waals surface area contributed by atoms with E-state index in [1.807, 2.05) is 11.3 Å². The largest absolute Gasteiger partial charge is 0.313 e. The lowest BCUT2D eigenvalue weighted by Gasteiger charge is -2.57. The van der Waals surface area contributed by atoms with Crippen molar-refractivity contribution in [3.63, 3.8) is 0 Å². The third kappa shape index (κ3) is 2.16. The second-order valence-corrected chi connectivity index (χ2v) is 9.02. The molecule has 4 aliphatic rings. The van der Waals surface area contributed by atoms with Crippen molar-refractivity contribution in [1.82, 2.24) is 5.32 Å². The second kappa shape index (κ2) is 4.84. The smallest absolute Gasteiger partial charge is 0.0333 e. The minimum atomic E-state index is 0.581. The Morgan fingerprint density at radius 1 is 1.20 bits per heavy atom. The molecule has 1 heterocycles. The van der Waals surface area contributed by atoms with Crippen LogP contribution in [0, 0.1) is 30.1 Å². The Morgan fingerprint density at radius 3 is 2.25 bits per heavy atom. The van der Waals surface area contributed by atoms with E-state index in [0.717, 1.165) is 17.8 Å². The fourth-order valence-electron chi connectivity index (χ4n) is 6.10. The Labute approximate surface area is 127 Å². The van der Waals surface area contributed by atoms with E-state index in [4.69, 9.17) is 0 Å². The van der Waals surface area contributed by atoms with Crippen LogP contribution in [0.2, 0.25) is 0 Å². The molecule has 1 aromatic rings. The molecule has 1 aromatic heterocycles. The Hall–Kier alpha value is -0.340. The van der Waals surface area contributed by atoms with Gasteiger partial charge in [0, 0.05) is 10.9 Å². The van der Waals surface area contributed by atoms with E-state index in [9.17, 15) is 0 Å². The van der Waals surface area contributed by atoms with E-state index in [0.29, 0.717) is 11.5 Å². The SMILES string of the molecule is CNC(CC12CC3CC(CC(C3)C1)C2)c1ccsc1C. The van der Waals surface area contributed by atoms with Crippen molar-refractivity contribution in [2.24, 2.45) is 23.2 Å². The van der Waals surface area contributed by atoms with Crippen molar-refractivity contribution in [2.75, 3.05) is 7.05 Å². The van der Waals surface area contributed by atoms with Gasteiger partial charge in [-0.3, -0.25) is 0 Å². The van der Waals surface area contributed by atoms with Crippen molar-refractivity contribution < 1.29 is 0 Å². The molecule has 5 rings (SSSR count). The van der Waals surface area contributed by atoms with E-state index in [1.165, 1.54) is 30.6 Å². The maximum absolute atomic E-state index is 3.63. The number of aryl methyl sites for hydroxylation is 1. The Morgan fingerprint density at radius 2 is 1.80 bits per heavy atom. The van der Waals surface area contributed by atoms with Gasteiger partial charge < -0.3 is 5.32 Å². The first-order valence-corrected chi connectivity index (χ1v) is 9.27. The van der Waals surface area contributed by atoms with Crippen molar-refractivity contribution in [2.45, 2.75) is 57.9 Å². The van der Waals surface area contributed by atoms with E-state index in [2.05, 4.69) is 30.7 Å². The summed E-state index contributed by atoms with van der Waals surface area (Å²) in [5.74, 6) is 3.21. The highest BCUT2D eigenvalue weighted by atomic mass is 32.1. The highest BCUT2D eigenvalue weighted by molar-refractivity contribution is 7.10. The van der Waals surface area contributed by atoms with Crippen LogP contribution >= 0.6 is 11.3 Å². The van der Waals surface area contributed by atoms with Crippen LogP contribution in [-0.2, 0) is 0 Å². The molecule has 0 saturated heterocycles. The zero-order valence-corrected chi connectivity index (χ0v) is 13.6. The quantitative estimate of drug-likeness (QED) is 0.829. The number of thiophene rings is 1. The Balaban J connectivity index is 1.57. The molecule has 1 nitrogen and oxygen atoms in total. The van der Waals surface area contributed by atoms with Crippen molar-refractivity contribution in [3.05, 3.63) is 21.9 Å². The molecule has 4 aliphatic carbocycles. The third-order valence-corrected chi connectivity index (χ3v) is 7.29. The van der Waals surface area contributed by atoms with Gasteiger partial charge >= 0.3 is 0 Å². The summed E-state index contributed by atoms with van der Waals surface area (Å²) < 4.78 is 0. The van der Waals surface area contributed by atoms with Crippen LogP contribution < -0.4 is 5.32 Å². The fourth-order valence-corrected chi connectivity index (χ4v) is 6.86. The maximum atomic E-state index is 3.63. The standard InChI is InChI=1S/C18H27NS/c1-12-16(3-4-20-12)17(19-2)11-18-8-13-5-14(9-18)7-15(6-13)10-18/h3-4,13-15,17,19H,5-11H2,1-2H3. The summed E-state index contributed by atoms with van der Waals surface area (Å²) in [6.07, 6.45) is 10.6. The van der Waals surface area contributed by atoms with Crippen molar-refractivity contribution >= 4 is 11.3 Å². The number of rotatable bonds is 4. The summed E-state index contributed by atoms with van der Waals surface area (Å²) >= 11 is 1.90. The highest BCUT2D eigenvalue weighted by Crippen LogP contribution is 2.62. The van der Waals surface area contributed by atoms with Crippen LogP contribution in [0.3, 0.4) is 0 Å². The minimum Gasteiger partial charge on any atom is -0.313 e. The van der Waals surface area contributed by atoms with E-state index < -0.39 is 0 Å². The van der Waals surface area contributed by atoms with Crippen LogP contribution in [-0.4, -0.2) is 7.05 Å². The molecule has 20 heavy (non-hydrogen) atoms. The number of hydrogen-bond donors (Lipinski definition) is 1. The summed E-state index contributed by atoms with van der Waals surface area (Å²) in [5, 5.41) is 5.89. The normalized spacial score (nSPS) is 40.2. The number of hydrogen-bond acceptors (Lipinski definition) is 2. The maximum Gasteiger partial charge on any atom is 0.0333 e. The van der Waals surface area contributed by atoms with Gasteiger partial charge in [0.25, 0.3) is 0 Å². The van der Waals surface area contributed by atoms with Crippen LogP contribution in [0.25, 0.3) is 0 Å². The van der Waals surface area contributed by atoms with Crippen LogP contribution in [0.15, 0.2) is 11.4 Å². The Bertz CT molecular complexity index is 454. The monoisotopic (exact) mass is 289 g/mol. The number of nitrogens with one attached hydrogen (secondary N) is 1. The molecule has 0 spiro atoms. The molecule has 110 valence electrons. The average molecular weight is 289 g/mol. The summed E-state index contributed by atoms with van der Waals surface area (Å²) in [6.45, 7) is 2.28. The molecular formula is C18H27NS. The second-order valence-electron chi connectivity index (χ2n) is 7.90. The van der Waals surface area contributed by atoms with E-state index >= 15 is 0 Å². The summed E-state index contributed by atoms with van der Waals surface area (Å²) in [6, 6.07) is 2.93. The molecule has 0 amide bonds. The molecule has 0 aliphatic heterocycles. The zero-order valence-electron chi connectivity index (χ0n) is 12.8. The van der Waals surface area contributed by atoms with Gasteiger partial charge in [-0.15, -0.1) is 11.3 Å². The van der Waals surface area contributed by atoms with Crippen molar-refractivity contribution in [1.29, 1.82) is 0 Å². The first kappa shape index (κ1) is 13.3. The molecule has 1 atom stereocenters. The van der Waals surface area contributed by atoms with E-state index in [-0.39, 0.29) is 0 Å². The highest BCUT2D eigenvalue weighted by Gasteiger charge is 2.51. The zero-order chi connectivity index (χ0) is 13.7. The van der Waals surface area contributed by atoms with Crippen LogP contribution in [0.5, 0.6) is 0 Å². The van der Waals surface area contributed by atoms with Gasteiger partial charge in [0.1, 0.15) is 0 Å². The topological polar surface area (TPSA) is 12.0 Å². The molecule has 2 heteroatoms. The average Bonchev–Trinajstić information content (AvgIpc) is 2.80. The van der Waals surface area contributed by atoms with Gasteiger partial charge in [-0.05, 0) is 99.1 Å². The molecule has 4 bridgehead atoms. The van der Waals surface area contributed by atoms with Gasteiger partial charge in [-0.2, -0.15) is 0 Å². The molecular weight excluding hydrogens is 262 g/mol. The van der Waals surface area contributed by atoms with Gasteiger partial charge in [0.05, 0.1) is 0 Å². The first-order chi connectivity index (χ1) is 9.67. The van der Waals surface area contributed by atoms with Gasteiger partial charge in [0.2, 0.25) is 0 Å². The molecule has 1 N–H and O–H groups in total. The van der Waals surface area contributed by atoms with Gasteiger partial charge in [0.15, 0.2) is 0 Å². The predicted molar refractivity (Wildman–Crippen MR) is 86.1 cm³/mol. The van der Waals surface area contributed by atoms with Gasteiger partial charge in [-0.1, -0.05) is 0 Å². The first-order valence-electron chi connectivity index (χ1n) is 8.39. The molecule has 0 radical (unpaired) electrons. The van der Waals surface area contributed by atoms with Crippen LogP contribution in [0.1, 0.15) is 61.4 Å². The predicted octanol–water partition coefficient (Wildman–Crippen LogP) is 4.92. The van der Waals surface area contributed by atoms with Crippen molar-refractivity contribution in [3.8, 4) is 0 Å². The lowest BCUT2D eigenvalue weighted by molar-refractivity contribution is -0.0619. The lowest BCUT2D eigenvalue weighted by Crippen LogP contribution is -2.47. The lowest BCUT2D eigenvalue weighted by atomic mass is 9.48. The molecule has 4 saturated carbocycles.